The zero-order chi connectivity index (χ0) is 17.9. The molecule has 2 aromatic carbocycles. The summed E-state index contributed by atoms with van der Waals surface area (Å²) in [4.78, 5) is 10.9. The summed E-state index contributed by atoms with van der Waals surface area (Å²) in [6, 6.07) is 17.4. The first-order valence-corrected chi connectivity index (χ1v) is 9.69. The number of hydrogen-bond donors (Lipinski definition) is 1. The molecule has 0 saturated carbocycles. The van der Waals surface area contributed by atoms with Crippen LogP contribution in [-0.2, 0) is 10.0 Å². The quantitative estimate of drug-likeness (QED) is 0.526. The highest BCUT2D eigenvalue weighted by atomic mass is 32.2. The highest BCUT2D eigenvalue weighted by Gasteiger charge is 2.29. The summed E-state index contributed by atoms with van der Waals surface area (Å²) < 4.78 is 28.3. The summed E-state index contributed by atoms with van der Waals surface area (Å²) in [7, 11) is -4.09. The molecule has 0 spiro atoms. The Morgan fingerprint density at radius 2 is 1.64 bits per heavy atom. The Hall–Kier alpha value is -2.55. The van der Waals surface area contributed by atoms with E-state index >= 15 is 0 Å². The van der Waals surface area contributed by atoms with Crippen LogP contribution in [0.4, 0.5) is 5.69 Å². The fraction of sp³-hybridized carbons (Fsp3) is 0.0588. The fourth-order valence-electron chi connectivity index (χ4n) is 2.45. The van der Waals surface area contributed by atoms with Crippen molar-refractivity contribution in [2.75, 3.05) is 0 Å². The van der Waals surface area contributed by atoms with Crippen LogP contribution in [-0.4, -0.2) is 13.3 Å². The Morgan fingerprint density at radius 1 is 0.960 bits per heavy atom. The fourth-order valence-corrected chi connectivity index (χ4v) is 4.70. The summed E-state index contributed by atoms with van der Waals surface area (Å²) >= 11 is 1.41. The van der Waals surface area contributed by atoms with Gasteiger partial charge in [0, 0.05) is 10.9 Å². The van der Waals surface area contributed by atoms with E-state index in [9.17, 15) is 18.5 Å². The van der Waals surface area contributed by atoms with Gasteiger partial charge in [0.15, 0.2) is 4.90 Å². The number of nitrogens with zero attached hydrogens (tertiary/aromatic N) is 1. The Labute approximate surface area is 149 Å². The molecule has 128 valence electrons. The normalized spacial score (nSPS) is 12.6. The largest absolute Gasteiger partial charge is 0.289 e. The first-order chi connectivity index (χ1) is 12.0. The van der Waals surface area contributed by atoms with Crippen molar-refractivity contribution in [1.82, 2.24) is 4.72 Å². The van der Waals surface area contributed by atoms with Gasteiger partial charge in [-0.15, -0.1) is 11.3 Å². The molecule has 1 aromatic heterocycles. The van der Waals surface area contributed by atoms with Crippen LogP contribution in [0.15, 0.2) is 77.0 Å². The lowest BCUT2D eigenvalue weighted by atomic mass is 10.1. The highest BCUT2D eigenvalue weighted by molar-refractivity contribution is 7.89. The lowest BCUT2D eigenvalue weighted by Crippen LogP contribution is -2.29. The van der Waals surface area contributed by atoms with E-state index in [0.717, 1.165) is 10.4 Å². The van der Waals surface area contributed by atoms with E-state index in [1.165, 1.54) is 35.6 Å². The number of hydrogen-bond acceptors (Lipinski definition) is 5. The Morgan fingerprint density at radius 3 is 2.28 bits per heavy atom. The smallest absolute Gasteiger partial charge is 0.258 e. The standard InChI is InChI=1S/C17H14N2O4S2/c20-19(21)14-9-4-5-11-16(14)25(22,23)18-17(15-10-6-12-24-15)13-7-2-1-3-8-13/h1-12,17-18H. The minimum Gasteiger partial charge on any atom is -0.258 e. The van der Waals surface area contributed by atoms with E-state index < -0.39 is 26.7 Å². The van der Waals surface area contributed by atoms with Gasteiger partial charge in [-0.05, 0) is 23.1 Å². The van der Waals surface area contributed by atoms with Crippen molar-refractivity contribution in [3.8, 4) is 0 Å². The molecule has 3 rings (SSSR count). The van der Waals surface area contributed by atoms with Crippen LogP contribution in [0.2, 0.25) is 0 Å². The molecule has 1 heterocycles. The minimum absolute atomic E-state index is 0.350. The minimum atomic E-state index is -4.09. The second kappa shape index (κ2) is 7.14. The average molecular weight is 374 g/mol. The van der Waals surface area contributed by atoms with Gasteiger partial charge in [0.2, 0.25) is 10.0 Å². The van der Waals surface area contributed by atoms with Gasteiger partial charge < -0.3 is 0 Å². The molecule has 0 aliphatic carbocycles. The molecule has 0 amide bonds. The summed E-state index contributed by atoms with van der Waals surface area (Å²) in [5.41, 5.74) is 0.306. The molecule has 25 heavy (non-hydrogen) atoms. The van der Waals surface area contributed by atoms with Gasteiger partial charge in [0.1, 0.15) is 0 Å². The van der Waals surface area contributed by atoms with Crippen LogP contribution in [0, 0.1) is 10.1 Å². The van der Waals surface area contributed by atoms with Gasteiger partial charge >= 0.3 is 0 Å². The molecule has 1 unspecified atom stereocenters. The van der Waals surface area contributed by atoms with Crippen LogP contribution in [0.1, 0.15) is 16.5 Å². The summed E-state index contributed by atoms with van der Waals surface area (Å²) in [5.74, 6) is 0. The first kappa shape index (κ1) is 17.3. The van der Waals surface area contributed by atoms with Crippen molar-refractivity contribution < 1.29 is 13.3 Å². The molecule has 1 N–H and O–H groups in total. The van der Waals surface area contributed by atoms with Crippen LogP contribution in [0.25, 0.3) is 0 Å². The molecule has 0 fully saturated rings. The molecule has 1 atom stereocenters. The average Bonchev–Trinajstić information content (AvgIpc) is 3.15. The highest BCUT2D eigenvalue weighted by Crippen LogP contribution is 2.30. The number of thiophene rings is 1. The zero-order valence-electron chi connectivity index (χ0n) is 12.9. The maximum Gasteiger partial charge on any atom is 0.289 e. The van der Waals surface area contributed by atoms with Crippen molar-refractivity contribution in [3.63, 3.8) is 0 Å². The Balaban J connectivity index is 2.04. The molecule has 0 saturated heterocycles. The van der Waals surface area contributed by atoms with Crippen LogP contribution in [0.3, 0.4) is 0 Å². The molecule has 0 aliphatic rings. The van der Waals surface area contributed by atoms with E-state index in [1.807, 2.05) is 47.8 Å². The van der Waals surface area contributed by atoms with Gasteiger partial charge in [0.25, 0.3) is 5.69 Å². The number of para-hydroxylation sites is 1. The summed E-state index contributed by atoms with van der Waals surface area (Å²) in [6.07, 6.45) is 0. The number of benzene rings is 2. The van der Waals surface area contributed by atoms with Crippen molar-refractivity contribution in [3.05, 3.63) is 92.7 Å². The van der Waals surface area contributed by atoms with E-state index in [-0.39, 0.29) is 4.90 Å². The van der Waals surface area contributed by atoms with Crippen LogP contribution >= 0.6 is 11.3 Å². The Bertz CT molecular complexity index is 971. The van der Waals surface area contributed by atoms with Crippen molar-refractivity contribution in [1.29, 1.82) is 0 Å². The number of nitro groups is 1. The van der Waals surface area contributed by atoms with E-state index in [4.69, 9.17) is 0 Å². The lowest BCUT2D eigenvalue weighted by molar-refractivity contribution is -0.387. The van der Waals surface area contributed by atoms with Gasteiger partial charge in [-0.1, -0.05) is 48.5 Å². The number of nitro benzene ring substituents is 1. The Kier molecular flexibility index (Phi) is 4.93. The summed E-state index contributed by atoms with van der Waals surface area (Å²) in [5, 5.41) is 13.0. The van der Waals surface area contributed by atoms with Gasteiger partial charge in [-0.25, -0.2) is 8.42 Å². The lowest BCUT2D eigenvalue weighted by Gasteiger charge is -2.18. The predicted molar refractivity (Wildman–Crippen MR) is 96.0 cm³/mol. The van der Waals surface area contributed by atoms with E-state index in [0.29, 0.717) is 0 Å². The third-order valence-corrected chi connectivity index (χ3v) is 5.99. The zero-order valence-corrected chi connectivity index (χ0v) is 14.5. The molecular formula is C17H14N2O4S2. The van der Waals surface area contributed by atoms with Crippen LogP contribution in [0.5, 0.6) is 0 Å². The SMILES string of the molecule is O=[N+]([O-])c1ccccc1S(=O)(=O)NC(c1ccccc1)c1cccs1. The number of nitrogens with one attached hydrogen (secondary N) is 1. The van der Waals surface area contributed by atoms with E-state index in [1.54, 1.807) is 0 Å². The topological polar surface area (TPSA) is 89.3 Å². The van der Waals surface area contributed by atoms with E-state index in [2.05, 4.69) is 4.72 Å². The molecule has 0 radical (unpaired) electrons. The maximum atomic E-state index is 12.8. The molecule has 0 bridgehead atoms. The molecule has 8 heteroatoms. The van der Waals surface area contributed by atoms with Crippen molar-refractivity contribution in [2.45, 2.75) is 10.9 Å². The van der Waals surface area contributed by atoms with Crippen molar-refractivity contribution in [2.24, 2.45) is 0 Å². The third-order valence-electron chi connectivity index (χ3n) is 3.59. The van der Waals surface area contributed by atoms with Crippen LogP contribution < -0.4 is 4.72 Å². The molecule has 3 aromatic rings. The summed E-state index contributed by atoms with van der Waals surface area (Å²) in [6.45, 7) is 0. The predicted octanol–water partition coefficient (Wildman–Crippen LogP) is 3.72. The van der Waals surface area contributed by atoms with Gasteiger partial charge in [-0.3, -0.25) is 10.1 Å². The number of rotatable bonds is 6. The third kappa shape index (κ3) is 3.76. The van der Waals surface area contributed by atoms with Gasteiger partial charge in [-0.2, -0.15) is 4.72 Å². The monoisotopic (exact) mass is 374 g/mol. The maximum absolute atomic E-state index is 12.8. The van der Waals surface area contributed by atoms with Crippen molar-refractivity contribution >= 4 is 27.0 Å². The second-order valence-electron chi connectivity index (χ2n) is 5.21. The molecule has 0 aliphatic heterocycles. The number of sulfonamides is 1. The second-order valence-corrected chi connectivity index (χ2v) is 7.87. The van der Waals surface area contributed by atoms with Gasteiger partial charge in [0.05, 0.1) is 11.0 Å². The molecule has 6 nitrogen and oxygen atoms in total. The first-order valence-electron chi connectivity index (χ1n) is 7.33. The molecular weight excluding hydrogens is 360 g/mol.